The van der Waals surface area contributed by atoms with Crippen molar-refractivity contribution in [3.63, 3.8) is 0 Å². The van der Waals surface area contributed by atoms with Gasteiger partial charge in [0.2, 0.25) is 10.0 Å². The summed E-state index contributed by atoms with van der Waals surface area (Å²) in [6.45, 7) is 2.36. The van der Waals surface area contributed by atoms with Crippen LogP contribution in [0, 0.1) is 0 Å². The van der Waals surface area contributed by atoms with Crippen molar-refractivity contribution in [3.05, 3.63) is 27.1 Å². The fraction of sp³-hybridized carbons (Fsp3) is 0.571. The zero-order chi connectivity index (χ0) is 15.6. The Morgan fingerprint density at radius 1 is 1.24 bits per heavy atom. The van der Waals surface area contributed by atoms with Gasteiger partial charge >= 0.3 is 0 Å². The van der Waals surface area contributed by atoms with Crippen LogP contribution in [-0.4, -0.2) is 31.4 Å². The molecule has 0 radical (unpaired) electrons. The van der Waals surface area contributed by atoms with Crippen LogP contribution in [0.4, 0.5) is 0 Å². The molecular weight excluding hydrogens is 420 g/mol. The van der Waals surface area contributed by atoms with Crippen LogP contribution in [0.5, 0.6) is 0 Å². The molecule has 1 saturated carbocycles. The second-order valence-electron chi connectivity index (χ2n) is 5.35. The summed E-state index contributed by atoms with van der Waals surface area (Å²) < 4.78 is 28.9. The molecule has 21 heavy (non-hydrogen) atoms. The molecule has 7 heteroatoms. The smallest absolute Gasteiger partial charge is 0.244 e. The summed E-state index contributed by atoms with van der Waals surface area (Å²) >= 11 is 6.69. The number of benzene rings is 1. The Bertz CT molecular complexity index is 599. The van der Waals surface area contributed by atoms with Crippen LogP contribution in [0.1, 0.15) is 32.6 Å². The molecular formula is C14H20Br2N2O2S. The van der Waals surface area contributed by atoms with E-state index < -0.39 is 10.0 Å². The summed E-state index contributed by atoms with van der Waals surface area (Å²) in [7, 11) is -3.51. The lowest BCUT2D eigenvalue weighted by Crippen LogP contribution is -2.44. The Balaban J connectivity index is 2.33. The predicted molar refractivity (Wildman–Crippen MR) is 91.6 cm³/mol. The highest BCUT2D eigenvalue weighted by atomic mass is 79.9. The van der Waals surface area contributed by atoms with Gasteiger partial charge in [-0.3, -0.25) is 0 Å². The molecule has 2 N–H and O–H groups in total. The Hall–Kier alpha value is 0.0500. The first-order chi connectivity index (χ1) is 9.86. The van der Waals surface area contributed by atoms with Gasteiger partial charge in [-0.1, -0.05) is 22.9 Å². The van der Waals surface area contributed by atoms with E-state index in [0.717, 1.165) is 30.2 Å². The SMILES string of the molecule is CCN(C1CCC(N)CC1)S(=O)(=O)c1cc(Br)ccc1Br. The Kier molecular flexibility index (Phi) is 5.87. The van der Waals surface area contributed by atoms with Crippen molar-refractivity contribution in [2.75, 3.05) is 6.54 Å². The van der Waals surface area contributed by atoms with Crippen molar-refractivity contribution in [1.82, 2.24) is 4.31 Å². The molecule has 0 unspecified atom stereocenters. The first-order valence-corrected chi connectivity index (χ1v) is 10.1. The lowest BCUT2D eigenvalue weighted by molar-refractivity contribution is 0.247. The topological polar surface area (TPSA) is 63.4 Å². The lowest BCUT2D eigenvalue weighted by Gasteiger charge is -2.34. The highest BCUT2D eigenvalue weighted by Crippen LogP contribution is 2.32. The van der Waals surface area contributed by atoms with Crippen LogP contribution in [-0.2, 0) is 10.0 Å². The van der Waals surface area contributed by atoms with Crippen LogP contribution >= 0.6 is 31.9 Å². The second kappa shape index (κ2) is 7.08. The summed E-state index contributed by atoms with van der Waals surface area (Å²) in [5, 5.41) is 0. The average Bonchev–Trinajstić information content (AvgIpc) is 2.44. The molecule has 0 bridgehead atoms. The third-order valence-corrected chi connectivity index (χ3v) is 7.45. The molecule has 0 aromatic heterocycles. The van der Waals surface area contributed by atoms with Crippen molar-refractivity contribution in [2.24, 2.45) is 5.73 Å². The Morgan fingerprint density at radius 3 is 2.43 bits per heavy atom. The number of hydrogen-bond acceptors (Lipinski definition) is 3. The molecule has 118 valence electrons. The van der Waals surface area contributed by atoms with Crippen molar-refractivity contribution in [3.8, 4) is 0 Å². The van der Waals surface area contributed by atoms with E-state index in [1.807, 2.05) is 13.0 Å². The molecule has 1 aliphatic carbocycles. The van der Waals surface area contributed by atoms with Crippen LogP contribution in [0.3, 0.4) is 0 Å². The van der Waals surface area contributed by atoms with Gasteiger partial charge in [-0.05, 0) is 59.8 Å². The lowest BCUT2D eigenvalue weighted by atomic mass is 9.92. The molecule has 1 aromatic rings. The number of sulfonamides is 1. The molecule has 0 heterocycles. The number of hydrogen-bond donors (Lipinski definition) is 1. The third-order valence-electron chi connectivity index (χ3n) is 3.94. The number of nitrogens with two attached hydrogens (primary N) is 1. The summed E-state index contributed by atoms with van der Waals surface area (Å²) in [6, 6.07) is 5.47. The molecule has 1 aromatic carbocycles. The number of nitrogens with zero attached hydrogens (tertiary/aromatic N) is 1. The van der Waals surface area contributed by atoms with E-state index >= 15 is 0 Å². The first kappa shape index (κ1) is 17.4. The van der Waals surface area contributed by atoms with Crippen LogP contribution in [0.2, 0.25) is 0 Å². The molecule has 0 amide bonds. The molecule has 0 saturated heterocycles. The normalized spacial score (nSPS) is 23.5. The highest BCUT2D eigenvalue weighted by molar-refractivity contribution is 9.11. The Morgan fingerprint density at radius 2 is 1.86 bits per heavy atom. The molecule has 2 rings (SSSR count). The maximum Gasteiger partial charge on any atom is 0.244 e. The molecule has 0 aliphatic heterocycles. The van der Waals surface area contributed by atoms with Crippen molar-refractivity contribution in [2.45, 2.75) is 49.6 Å². The third kappa shape index (κ3) is 3.88. The minimum Gasteiger partial charge on any atom is -0.328 e. The maximum atomic E-state index is 13.0. The first-order valence-electron chi connectivity index (χ1n) is 7.08. The zero-order valence-electron chi connectivity index (χ0n) is 11.9. The maximum absolute atomic E-state index is 13.0. The van der Waals surface area contributed by atoms with Gasteiger partial charge in [0.1, 0.15) is 0 Å². The van der Waals surface area contributed by atoms with Gasteiger partial charge in [0.05, 0.1) is 4.90 Å². The minimum atomic E-state index is -3.51. The summed E-state index contributed by atoms with van der Waals surface area (Å²) in [5.41, 5.74) is 5.92. The quantitative estimate of drug-likeness (QED) is 0.780. The van der Waals surface area contributed by atoms with E-state index in [1.165, 1.54) is 0 Å². The average molecular weight is 440 g/mol. The van der Waals surface area contributed by atoms with Gasteiger partial charge in [0.15, 0.2) is 0 Å². The van der Waals surface area contributed by atoms with E-state index in [2.05, 4.69) is 31.9 Å². The molecule has 4 nitrogen and oxygen atoms in total. The van der Waals surface area contributed by atoms with Gasteiger partial charge < -0.3 is 5.73 Å². The molecule has 0 atom stereocenters. The Labute approximate surface area is 143 Å². The van der Waals surface area contributed by atoms with Gasteiger partial charge in [0.25, 0.3) is 0 Å². The standard InChI is InChI=1S/C14H20Br2N2O2S/c1-2-18(12-6-4-11(17)5-7-12)21(19,20)14-9-10(15)3-8-13(14)16/h3,8-9,11-12H,2,4-7,17H2,1H3. The van der Waals surface area contributed by atoms with Gasteiger partial charge in [-0.25, -0.2) is 8.42 Å². The van der Waals surface area contributed by atoms with E-state index in [4.69, 9.17) is 5.73 Å². The van der Waals surface area contributed by atoms with Crippen LogP contribution in [0.25, 0.3) is 0 Å². The molecule has 1 fully saturated rings. The van der Waals surface area contributed by atoms with E-state index in [-0.39, 0.29) is 12.1 Å². The molecule has 1 aliphatic rings. The van der Waals surface area contributed by atoms with Crippen LogP contribution in [0.15, 0.2) is 32.0 Å². The minimum absolute atomic E-state index is 0.0469. The zero-order valence-corrected chi connectivity index (χ0v) is 15.9. The largest absolute Gasteiger partial charge is 0.328 e. The van der Waals surface area contributed by atoms with Crippen LogP contribution < -0.4 is 5.73 Å². The van der Waals surface area contributed by atoms with Gasteiger partial charge in [-0.2, -0.15) is 4.31 Å². The van der Waals surface area contributed by atoms with E-state index in [0.29, 0.717) is 15.9 Å². The predicted octanol–water partition coefficient (Wildman–Crippen LogP) is 3.49. The second-order valence-corrected chi connectivity index (χ2v) is 8.98. The van der Waals surface area contributed by atoms with Crippen molar-refractivity contribution in [1.29, 1.82) is 0 Å². The summed E-state index contributed by atoms with van der Waals surface area (Å²) in [5.74, 6) is 0. The number of halogens is 2. The fourth-order valence-electron chi connectivity index (χ4n) is 2.82. The van der Waals surface area contributed by atoms with Gasteiger partial charge in [0, 0.05) is 27.6 Å². The monoisotopic (exact) mass is 438 g/mol. The highest BCUT2D eigenvalue weighted by Gasteiger charge is 2.33. The van der Waals surface area contributed by atoms with E-state index in [9.17, 15) is 8.42 Å². The summed E-state index contributed by atoms with van der Waals surface area (Å²) in [6.07, 6.45) is 3.44. The summed E-state index contributed by atoms with van der Waals surface area (Å²) in [4.78, 5) is 0.314. The fourth-order valence-corrected chi connectivity index (χ4v) is 5.97. The number of rotatable bonds is 4. The van der Waals surface area contributed by atoms with Crippen molar-refractivity contribution < 1.29 is 8.42 Å². The molecule has 0 spiro atoms. The van der Waals surface area contributed by atoms with E-state index in [1.54, 1.807) is 16.4 Å². The van der Waals surface area contributed by atoms with Crippen molar-refractivity contribution >= 4 is 41.9 Å². The van der Waals surface area contributed by atoms with Gasteiger partial charge in [-0.15, -0.1) is 0 Å².